The second kappa shape index (κ2) is 6.07. The predicted molar refractivity (Wildman–Crippen MR) is 84.0 cm³/mol. The van der Waals surface area contributed by atoms with Crippen LogP contribution in [0.4, 0.5) is 5.69 Å². The maximum atomic E-state index is 11.4. The number of rotatable bonds is 4. The van der Waals surface area contributed by atoms with Gasteiger partial charge in [0.1, 0.15) is 0 Å². The van der Waals surface area contributed by atoms with Gasteiger partial charge in [-0.15, -0.1) is 11.3 Å². The number of anilines is 1. The Morgan fingerprint density at radius 3 is 2.50 bits per heavy atom. The fourth-order valence-corrected chi connectivity index (χ4v) is 3.12. The van der Waals surface area contributed by atoms with E-state index in [-0.39, 0.29) is 5.91 Å². The maximum absolute atomic E-state index is 11.4. The molecule has 4 nitrogen and oxygen atoms in total. The van der Waals surface area contributed by atoms with E-state index in [0.29, 0.717) is 4.88 Å². The van der Waals surface area contributed by atoms with Crippen molar-refractivity contribution in [2.75, 3.05) is 11.9 Å². The molecule has 2 aromatic rings. The third-order valence-electron chi connectivity index (χ3n) is 3.06. The Labute approximate surface area is 123 Å². The molecule has 0 atom stereocenters. The molecule has 0 aliphatic heterocycles. The van der Waals surface area contributed by atoms with Crippen LogP contribution in [0.2, 0.25) is 0 Å². The average molecular weight is 289 g/mol. The van der Waals surface area contributed by atoms with Gasteiger partial charge >= 0.3 is 0 Å². The summed E-state index contributed by atoms with van der Waals surface area (Å²) in [4.78, 5) is 15.4. The molecule has 2 rings (SSSR count). The Morgan fingerprint density at radius 1 is 1.25 bits per heavy atom. The number of aryl methyl sites for hydroxylation is 2. The Kier molecular flexibility index (Phi) is 4.42. The highest BCUT2D eigenvalue weighted by Gasteiger charge is 2.10. The molecule has 5 heteroatoms. The summed E-state index contributed by atoms with van der Waals surface area (Å²) in [5.41, 5.74) is 5.84. The van der Waals surface area contributed by atoms with Gasteiger partial charge in [-0.3, -0.25) is 10.2 Å². The predicted octanol–water partition coefficient (Wildman–Crippen LogP) is 2.60. The van der Waals surface area contributed by atoms with Crippen LogP contribution >= 0.6 is 11.3 Å². The lowest BCUT2D eigenvalue weighted by Gasteiger charge is -2.19. The summed E-state index contributed by atoms with van der Waals surface area (Å²) in [5, 5.41) is 0. The molecular formula is C15H19N3OS. The van der Waals surface area contributed by atoms with E-state index in [1.807, 2.05) is 6.07 Å². The van der Waals surface area contributed by atoms with Gasteiger partial charge in [-0.25, -0.2) is 5.84 Å². The largest absolute Gasteiger partial charge is 0.369 e. The Morgan fingerprint density at radius 2 is 1.90 bits per heavy atom. The fraction of sp³-hybridized carbons (Fsp3) is 0.267. The van der Waals surface area contributed by atoms with Crippen LogP contribution in [-0.2, 0) is 6.54 Å². The Hall–Kier alpha value is -1.85. The van der Waals surface area contributed by atoms with Crippen molar-refractivity contribution >= 4 is 22.9 Å². The number of nitrogens with one attached hydrogen (secondary N) is 1. The van der Waals surface area contributed by atoms with Crippen molar-refractivity contribution < 1.29 is 4.79 Å². The van der Waals surface area contributed by atoms with E-state index in [1.54, 1.807) is 6.07 Å². The van der Waals surface area contributed by atoms with Gasteiger partial charge in [0.25, 0.3) is 5.91 Å². The summed E-state index contributed by atoms with van der Waals surface area (Å²) >= 11 is 1.46. The molecule has 0 bridgehead atoms. The summed E-state index contributed by atoms with van der Waals surface area (Å²) < 4.78 is 0. The molecule has 20 heavy (non-hydrogen) atoms. The van der Waals surface area contributed by atoms with Crippen molar-refractivity contribution in [2.24, 2.45) is 5.84 Å². The molecule has 1 heterocycles. The lowest BCUT2D eigenvalue weighted by atomic mass is 10.1. The molecular weight excluding hydrogens is 270 g/mol. The quantitative estimate of drug-likeness (QED) is 0.517. The first-order valence-electron chi connectivity index (χ1n) is 6.38. The third kappa shape index (κ3) is 3.37. The molecule has 0 saturated carbocycles. The minimum absolute atomic E-state index is 0.240. The molecule has 0 saturated heterocycles. The lowest BCUT2D eigenvalue weighted by Crippen LogP contribution is -2.29. The highest BCUT2D eigenvalue weighted by atomic mass is 32.1. The third-order valence-corrected chi connectivity index (χ3v) is 4.13. The van der Waals surface area contributed by atoms with Gasteiger partial charge in [0.05, 0.1) is 11.4 Å². The highest BCUT2D eigenvalue weighted by Crippen LogP contribution is 2.23. The van der Waals surface area contributed by atoms with E-state index in [2.05, 4.69) is 49.4 Å². The van der Waals surface area contributed by atoms with Crippen LogP contribution in [0.25, 0.3) is 0 Å². The highest BCUT2D eigenvalue weighted by molar-refractivity contribution is 7.14. The van der Waals surface area contributed by atoms with E-state index in [1.165, 1.54) is 28.2 Å². The number of carbonyl (C=O) groups is 1. The van der Waals surface area contributed by atoms with Crippen molar-refractivity contribution in [3.05, 3.63) is 51.2 Å². The van der Waals surface area contributed by atoms with Gasteiger partial charge in [0, 0.05) is 17.6 Å². The van der Waals surface area contributed by atoms with Crippen LogP contribution in [0.15, 0.2) is 30.3 Å². The number of nitrogens with zero attached hydrogens (tertiary/aromatic N) is 1. The molecule has 0 unspecified atom stereocenters. The number of benzene rings is 1. The van der Waals surface area contributed by atoms with Crippen molar-refractivity contribution in [3.63, 3.8) is 0 Å². The SMILES string of the molecule is Cc1cc(C)cc(N(C)Cc2ccc(C(=O)NN)s2)c1. The average Bonchev–Trinajstić information content (AvgIpc) is 2.85. The number of nitrogens with two attached hydrogens (primary N) is 1. The first kappa shape index (κ1) is 14.6. The number of nitrogen functional groups attached to an aromatic ring is 1. The Balaban J connectivity index is 2.13. The van der Waals surface area contributed by atoms with E-state index in [9.17, 15) is 4.79 Å². The number of amides is 1. The standard InChI is InChI=1S/C15H19N3OS/c1-10-6-11(2)8-12(7-10)18(3)9-13-4-5-14(20-13)15(19)17-16/h4-8H,9,16H2,1-3H3,(H,17,19). The van der Waals surface area contributed by atoms with Gasteiger partial charge < -0.3 is 4.90 Å². The second-order valence-electron chi connectivity index (χ2n) is 4.94. The van der Waals surface area contributed by atoms with Gasteiger partial charge in [0.15, 0.2) is 0 Å². The fourth-order valence-electron chi connectivity index (χ4n) is 2.15. The Bertz CT molecular complexity index is 601. The van der Waals surface area contributed by atoms with Gasteiger partial charge in [-0.05, 0) is 49.2 Å². The van der Waals surface area contributed by atoms with E-state index in [0.717, 1.165) is 11.4 Å². The zero-order chi connectivity index (χ0) is 14.7. The van der Waals surface area contributed by atoms with Crippen LogP contribution in [0.3, 0.4) is 0 Å². The maximum Gasteiger partial charge on any atom is 0.275 e. The van der Waals surface area contributed by atoms with Crippen LogP contribution < -0.4 is 16.2 Å². The molecule has 106 valence electrons. The zero-order valence-electron chi connectivity index (χ0n) is 11.9. The van der Waals surface area contributed by atoms with Crippen molar-refractivity contribution in [1.82, 2.24) is 5.43 Å². The number of hydrogen-bond acceptors (Lipinski definition) is 4. The zero-order valence-corrected chi connectivity index (χ0v) is 12.8. The molecule has 3 N–H and O–H groups in total. The first-order chi connectivity index (χ1) is 9.49. The van der Waals surface area contributed by atoms with Crippen LogP contribution in [-0.4, -0.2) is 13.0 Å². The normalized spacial score (nSPS) is 10.4. The summed E-state index contributed by atoms with van der Waals surface area (Å²) in [5.74, 6) is 4.90. The summed E-state index contributed by atoms with van der Waals surface area (Å²) in [6, 6.07) is 10.3. The minimum Gasteiger partial charge on any atom is -0.369 e. The van der Waals surface area contributed by atoms with Gasteiger partial charge in [0.2, 0.25) is 0 Å². The van der Waals surface area contributed by atoms with Crippen molar-refractivity contribution in [1.29, 1.82) is 0 Å². The van der Waals surface area contributed by atoms with Crippen molar-refractivity contribution in [2.45, 2.75) is 20.4 Å². The van der Waals surface area contributed by atoms with Gasteiger partial charge in [-0.1, -0.05) is 6.07 Å². The topological polar surface area (TPSA) is 58.4 Å². The molecule has 0 spiro atoms. The van der Waals surface area contributed by atoms with Crippen LogP contribution in [0, 0.1) is 13.8 Å². The molecule has 1 aromatic carbocycles. The number of hydrogen-bond donors (Lipinski definition) is 2. The number of hydrazine groups is 1. The first-order valence-corrected chi connectivity index (χ1v) is 7.20. The smallest absolute Gasteiger partial charge is 0.275 e. The molecule has 0 aliphatic rings. The van der Waals surface area contributed by atoms with Crippen molar-refractivity contribution in [3.8, 4) is 0 Å². The monoisotopic (exact) mass is 289 g/mol. The van der Waals surface area contributed by atoms with E-state index in [4.69, 9.17) is 5.84 Å². The second-order valence-corrected chi connectivity index (χ2v) is 6.11. The van der Waals surface area contributed by atoms with E-state index < -0.39 is 0 Å². The molecule has 0 radical (unpaired) electrons. The summed E-state index contributed by atoms with van der Waals surface area (Å²) in [6.07, 6.45) is 0. The van der Waals surface area contributed by atoms with Crippen LogP contribution in [0.5, 0.6) is 0 Å². The molecule has 1 aromatic heterocycles. The number of carbonyl (C=O) groups excluding carboxylic acids is 1. The number of thiophene rings is 1. The minimum atomic E-state index is -0.240. The molecule has 0 aliphatic carbocycles. The summed E-state index contributed by atoms with van der Waals surface area (Å²) in [7, 11) is 2.05. The molecule has 0 fully saturated rings. The van der Waals surface area contributed by atoms with Crippen LogP contribution in [0.1, 0.15) is 25.7 Å². The van der Waals surface area contributed by atoms with E-state index >= 15 is 0 Å². The summed E-state index contributed by atoms with van der Waals surface area (Å²) in [6.45, 7) is 4.96. The van der Waals surface area contributed by atoms with Gasteiger partial charge in [-0.2, -0.15) is 0 Å². The molecule has 1 amide bonds. The lowest BCUT2D eigenvalue weighted by molar-refractivity contribution is 0.0957.